The molecular weight excluding hydrogens is 418 g/mol. The predicted octanol–water partition coefficient (Wildman–Crippen LogP) is 2.31. The molecule has 0 saturated carbocycles. The summed E-state index contributed by atoms with van der Waals surface area (Å²) < 4.78 is 5.69. The molecule has 8 heteroatoms. The van der Waals surface area contributed by atoms with Crippen LogP contribution in [0.25, 0.3) is 0 Å². The lowest BCUT2D eigenvalue weighted by Crippen LogP contribution is -2.35. The third-order valence-electron chi connectivity index (χ3n) is 7.00. The predicted molar refractivity (Wildman–Crippen MR) is 124 cm³/mol. The number of fused-ring (bicyclic) bond motifs is 2. The molecule has 0 radical (unpaired) electrons. The quantitative estimate of drug-likeness (QED) is 0.771. The second-order valence-corrected chi connectivity index (χ2v) is 9.19. The van der Waals surface area contributed by atoms with Gasteiger partial charge in [0.05, 0.1) is 25.3 Å². The van der Waals surface area contributed by atoms with Crippen molar-refractivity contribution in [3.8, 4) is 5.75 Å². The zero-order chi connectivity index (χ0) is 22.9. The minimum Gasteiger partial charge on any atom is -0.493 e. The summed E-state index contributed by atoms with van der Waals surface area (Å²) in [5.41, 5.74) is 4.26. The molecule has 1 atom stereocenters. The van der Waals surface area contributed by atoms with Crippen LogP contribution in [-0.4, -0.2) is 64.9 Å². The lowest BCUT2D eigenvalue weighted by molar-refractivity contribution is -0.130. The number of hydrogen-bond donors (Lipinski definition) is 1. The van der Waals surface area contributed by atoms with Gasteiger partial charge in [-0.2, -0.15) is 0 Å². The summed E-state index contributed by atoms with van der Waals surface area (Å²) in [6.07, 6.45) is 4.04. The van der Waals surface area contributed by atoms with Crippen molar-refractivity contribution in [3.05, 3.63) is 46.4 Å². The number of hydrogen-bond acceptors (Lipinski definition) is 6. The summed E-state index contributed by atoms with van der Waals surface area (Å²) in [5.74, 6) is 2.88. The van der Waals surface area contributed by atoms with E-state index >= 15 is 0 Å². The van der Waals surface area contributed by atoms with Gasteiger partial charge in [0.15, 0.2) is 0 Å². The summed E-state index contributed by atoms with van der Waals surface area (Å²) in [6, 6.07) is 6.11. The van der Waals surface area contributed by atoms with Gasteiger partial charge in [0, 0.05) is 45.1 Å². The van der Waals surface area contributed by atoms with E-state index < -0.39 is 0 Å². The summed E-state index contributed by atoms with van der Waals surface area (Å²) in [7, 11) is 1.87. The van der Waals surface area contributed by atoms with E-state index in [1.54, 1.807) is 6.92 Å². The van der Waals surface area contributed by atoms with Gasteiger partial charge in [-0.05, 0) is 42.9 Å². The van der Waals surface area contributed by atoms with Crippen LogP contribution >= 0.6 is 0 Å². The molecule has 1 N–H and O–H groups in total. The van der Waals surface area contributed by atoms with Crippen molar-refractivity contribution in [2.24, 2.45) is 0 Å². The first-order valence-electron chi connectivity index (χ1n) is 11.9. The first-order chi connectivity index (χ1) is 16.0. The van der Waals surface area contributed by atoms with Crippen LogP contribution in [0.4, 0.5) is 5.82 Å². The van der Waals surface area contributed by atoms with Crippen LogP contribution in [0.3, 0.4) is 0 Å². The molecular formula is C25H31N5O3. The topological polar surface area (TPSA) is 87.7 Å². The largest absolute Gasteiger partial charge is 0.493 e. The van der Waals surface area contributed by atoms with Gasteiger partial charge in [-0.1, -0.05) is 12.1 Å². The number of likely N-dealkylation sites (tertiary alicyclic amines) is 1. The Balaban J connectivity index is 1.28. The van der Waals surface area contributed by atoms with Crippen LogP contribution < -0.4 is 10.1 Å². The minimum atomic E-state index is 0.0678. The molecule has 3 aliphatic heterocycles. The number of benzene rings is 1. The van der Waals surface area contributed by atoms with Crippen molar-refractivity contribution in [1.82, 2.24) is 19.8 Å². The van der Waals surface area contributed by atoms with E-state index in [1.807, 2.05) is 29.0 Å². The van der Waals surface area contributed by atoms with Crippen molar-refractivity contribution in [2.45, 2.75) is 51.5 Å². The van der Waals surface area contributed by atoms with Crippen LogP contribution in [0.5, 0.6) is 5.75 Å². The van der Waals surface area contributed by atoms with Crippen molar-refractivity contribution in [2.75, 3.05) is 38.6 Å². The highest BCUT2D eigenvalue weighted by Gasteiger charge is 2.31. The molecule has 1 aromatic heterocycles. The average Bonchev–Trinajstić information content (AvgIpc) is 3.33. The number of anilines is 1. The number of rotatable bonds is 4. The molecule has 0 spiro atoms. The van der Waals surface area contributed by atoms with Gasteiger partial charge in [-0.3, -0.25) is 9.59 Å². The lowest BCUT2D eigenvalue weighted by atomic mass is 10.0. The molecule has 4 heterocycles. The van der Waals surface area contributed by atoms with Crippen molar-refractivity contribution in [3.63, 3.8) is 0 Å². The summed E-state index contributed by atoms with van der Waals surface area (Å²) in [5, 5.41) is 3.21. The molecule has 1 fully saturated rings. The second kappa shape index (κ2) is 9.00. The van der Waals surface area contributed by atoms with E-state index in [2.05, 4.69) is 11.4 Å². The number of nitrogens with zero attached hydrogens (tertiary/aromatic N) is 4. The summed E-state index contributed by atoms with van der Waals surface area (Å²) in [6.45, 7) is 4.93. The Labute approximate surface area is 194 Å². The Kier molecular flexibility index (Phi) is 5.91. The highest BCUT2D eigenvalue weighted by Crippen LogP contribution is 2.31. The molecule has 8 nitrogen and oxygen atoms in total. The molecule has 1 unspecified atom stereocenters. The van der Waals surface area contributed by atoms with E-state index in [4.69, 9.17) is 14.7 Å². The molecule has 1 saturated heterocycles. The third kappa shape index (κ3) is 4.38. The zero-order valence-corrected chi connectivity index (χ0v) is 19.4. The number of ether oxygens (including phenoxy) is 1. The monoisotopic (exact) mass is 449 g/mol. The molecule has 174 valence electrons. The molecule has 1 aromatic carbocycles. The fourth-order valence-electron chi connectivity index (χ4n) is 5.12. The van der Waals surface area contributed by atoms with E-state index in [-0.39, 0.29) is 17.7 Å². The second-order valence-electron chi connectivity index (χ2n) is 9.19. The first-order valence-corrected chi connectivity index (χ1v) is 11.9. The maximum absolute atomic E-state index is 13.0. The average molecular weight is 450 g/mol. The minimum absolute atomic E-state index is 0.0678. The van der Waals surface area contributed by atoms with Gasteiger partial charge in [0.1, 0.15) is 17.4 Å². The molecule has 2 amide bonds. The Hall–Kier alpha value is -3.16. The van der Waals surface area contributed by atoms with E-state index in [9.17, 15) is 9.59 Å². The Morgan fingerprint density at radius 1 is 1.18 bits per heavy atom. The SMILES string of the molecule is CNc1nc(C2CCN(C(=O)Cc3ccc4c(c3)CCCO4)C2)nc2c1CCN(C(C)=O)C2. The third-order valence-corrected chi connectivity index (χ3v) is 7.00. The van der Waals surface area contributed by atoms with E-state index in [1.165, 1.54) is 5.56 Å². The summed E-state index contributed by atoms with van der Waals surface area (Å²) in [4.78, 5) is 38.3. The van der Waals surface area contributed by atoms with Crippen LogP contribution in [0, 0.1) is 0 Å². The van der Waals surface area contributed by atoms with Gasteiger partial charge in [0.2, 0.25) is 11.8 Å². The van der Waals surface area contributed by atoms with E-state index in [0.29, 0.717) is 32.6 Å². The number of aromatic nitrogens is 2. The number of nitrogens with one attached hydrogen (secondary N) is 1. The van der Waals surface area contributed by atoms with Gasteiger partial charge >= 0.3 is 0 Å². The maximum Gasteiger partial charge on any atom is 0.227 e. The normalized spacial score (nSPS) is 19.5. The molecule has 5 rings (SSSR count). The Morgan fingerprint density at radius 2 is 2.06 bits per heavy atom. The van der Waals surface area contributed by atoms with Crippen LogP contribution in [0.15, 0.2) is 18.2 Å². The van der Waals surface area contributed by atoms with Crippen molar-refractivity contribution < 1.29 is 14.3 Å². The molecule has 3 aliphatic rings. The van der Waals surface area contributed by atoms with Gasteiger partial charge in [0.25, 0.3) is 0 Å². The number of amides is 2. The molecule has 0 aliphatic carbocycles. The van der Waals surface area contributed by atoms with Crippen LogP contribution in [0.2, 0.25) is 0 Å². The van der Waals surface area contributed by atoms with E-state index in [0.717, 1.165) is 66.5 Å². The molecule has 2 aromatic rings. The lowest BCUT2D eigenvalue weighted by Gasteiger charge is -2.29. The number of carbonyl (C=O) groups is 2. The fraction of sp³-hybridized carbons (Fsp3) is 0.520. The van der Waals surface area contributed by atoms with Gasteiger partial charge < -0.3 is 19.9 Å². The van der Waals surface area contributed by atoms with Gasteiger partial charge in [-0.15, -0.1) is 0 Å². The van der Waals surface area contributed by atoms with Crippen molar-refractivity contribution >= 4 is 17.6 Å². The zero-order valence-electron chi connectivity index (χ0n) is 19.4. The smallest absolute Gasteiger partial charge is 0.227 e. The standard InChI is InChI=1S/C25H31N5O3/c1-16(31)29-10-8-20-21(15-29)27-24(28-25(20)26-2)19-7-9-30(14-19)23(32)13-17-5-6-22-18(12-17)4-3-11-33-22/h5-6,12,19H,3-4,7-11,13-15H2,1-2H3,(H,26,27,28). The molecule has 33 heavy (non-hydrogen) atoms. The number of aryl methyl sites for hydroxylation is 1. The van der Waals surface area contributed by atoms with Crippen LogP contribution in [-0.2, 0) is 35.4 Å². The number of carbonyl (C=O) groups excluding carboxylic acids is 2. The van der Waals surface area contributed by atoms with Gasteiger partial charge in [-0.25, -0.2) is 9.97 Å². The molecule has 0 bridgehead atoms. The Morgan fingerprint density at radius 3 is 2.88 bits per heavy atom. The highest BCUT2D eigenvalue weighted by atomic mass is 16.5. The van der Waals surface area contributed by atoms with Crippen LogP contribution in [0.1, 0.15) is 53.9 Å². The fourth-order valence-corrected chi connectivity index (χ4v) is 5.12. The maximum atomic E-state index is 13.0. The highest BCUT2D eigenvalue weighted by molar-refractivity contribution is 5.79. The first kappa shape index (κ1) is 21.7. The van der Waals surface area contributed by atoms with Crippen molar-refractivity contribution in [1.29, 1.82) is 0 Å². The Bertz CT molecular complexity index is 1090. The summed E-state index contributed by atoms with van der Waals surface area (Å²) >= 11 is 0.